The number of ether oxygens (including phenoxy) is 1. The Morgan fingerprint density at radius 3 is 2.78 bits per heavy atom. The fourth-order valence-electron chi connectivity index (χ4n) is 2.88. The Morgan fingerprint density at radius 1 is 1.39 bits per heavy atom. The van der Waals surface area contributed by atoms with Crippen LogP contribution in [-0.2, 0) is 9.53 Å². The third kappa shape index (κ3) is 5.22. The van der Waals surface area contributed by atoms with E-state index in [4.69, 9.17) is 4.74 Å². The van der Waals surface area contributed by atoms with Crippen molar-refractivity contribution in [1.82, 2.24) is 0 Å². The fourth-order valence-corrected chi connectivity index (χ4v) is 2.88. The zero-order chi connectivity index (χ0) is 16.7. The fraction of sp³-hybridized carbons (Fsp3) is 0.611. The number of carbonyl (C=O) groups is 1. The van der Waals surface area contributed by atoms with Gasteiger partial charge in [-0.3, -0.25) is 4.79 Å². The van der Waals surface area contributed by atoms with Gasteiger partial charge in [0.2, 0.25) is 5.91 Å². The molecule has 1 unspecified atom stereocenters. The Kier molecular flexibility index (Phi) is 6.86. The van der Waals surface area contributed by atoms with Gasteiger partial charge in [-0.1, -0.05) is 19.1 Å². The van der Waals surface area contributed by atoms with Gasteiger partial charge in [0, 0.05) is 32.7 Å². The summed E-state index contributed by atoms with van der Waals surface area (Å²) >= 11 is 0. The average Bonchev–Trinajstić information content (AvgIpc) is 2.56. The number of piperidine rings is 1. The average molecular weight is 320 g/mol. The summed E-state index contributed by atoms with van der Waals surface area (Å²) in [7, 11) is 1.68. The van der Waals surface area contributed by atoms with Crippen molar-refractivity contribution in [3.05, 3.63) is 24.3 Å². The predicted molar refractivity (Wildman–Crippen MR) is 92.8 cm³/mol. The summed E-state index contributed by atoms with van der Waals surface area (Å²) < 4.78 is 5.04. The largest absolute Gasteiger partial charge is 0.393 e. The highest BCUT2D eigenvalue weighted by Crippen LogP contribution is 2.28. The summed E-state index contributed by atoms with van der Waals surface area (Å²) in [6.45, 7) is 4.27. The van der Waals surface area contributed by atoms with Crippen molar-refractivity contribution in [3.8, 4) is 0 Å². The minimum atomic E-state index is -0.200. The highest BCUT2D eigenvalue weighted by Gasteiger charge is 2.20. The van der Waals surface area contributed by atoms with E-state index in [0.717, 1.165) is 50.1 Å². The molecule has 5 nitrogen and oxygen atoms in total. The standard InChI is InChI=1S/C18H28N2O3/c1-14(6-5-13-23-2)18(22)19-16-7-3-4-8-17(16)20-11-9-15(21)10-12-20/h3-4,7-8,14-15,21H,5-6,9-13H2,1-2H3,(H,19,22). The number of methoxy groups -OCH3 is 1. The number of carbonyl (C=O) groups excluding carboxylic acids is 1. The molecule has 1 aliphatic rings. The quantitative estimate of drug-likeness (QED) is 0.758. The van der Waals surface area contributed by atoms with Crippen LogP contribution in [0.25, 0.3) is 0 Å². The van der Waals surface area contributed by atoms with Gasteiger partial charge in [-0.25, -0.2) is 0 Å². The van der Waals surface area contributed by atoms with Crippen molar-refractivity contribution >= 4 is 17.3 Å². The van der Waals surface area contributed by atoms with Gasteiger partial charge in [-0.05, 0) is 37.8 Å². The number of anilines is 2. The highest BCUT2D eigenvalue weighted by molar-refractivity contribution is 5.95. The molecule has 1 aliphatic heterocycles. The molecule has 1 aromatic rings. The third-order valence-corrected chi connectivity index (χ3v) is 4.40. The topological polar surface area (TPSA) is 61.8 Å². The van der Waals surface area contributed by atoms with E-state index in [1.54, 1.807) is 7.11 Å². The van der Waals surface area contributed by atoms with Crippen LogP contribution in [0, 0.1) is 5.92 Å². The molecule has 0 saturated carbocycles. The Balaban J connectivity index is 1.98. The van der Waals surface area contributed by atoms with Crippen LogP contribution >= 0.6 is 0 Å². The van der Waals surface area contributed by atoms with Crippen LogP contribution in [0.2, 0.25) is 0 Å². The van der Waals surface area contributed by atoms with Crippen LogP contribution in [0.5, 0.6) is 0 Å². The van der Waals surface area contributed by atoms with Gasteiger partial charge in [-0.15, -0.1) is 0 Å². The molecule has 0 spiro atoms. The first-order chi connectivity index (χ1) is 11.1. The van der Waals surface area contributed by atoms with Gasteiger partial charge >= 0.3 is 0 Å². The van der Waals surface area contributed by atoms with E-state index in [-0.39, 0.29) is 17.9 Å². The highest BCUT2D eigenvalue weighted by atomic mass is 16.5. The van der Waals surface area contributed by atoms with Crippen molar-refractivity contribution in [3.63, 3.8) is 0 Å². The third-order valence-electron chi connectivity index (χ3n) is 4.40. The maximum absolute atomic E-state index is 12.4. The second-order valence-electron chi connectivity index (χ2n) is 6.26. The minimum absolute atomic E-state index is 0.0404. The smallest absolute Gasteiger partial charge is 0.227 e. The number of rotatable bonds is 7. The number of aliphatic hydroxyl groups is 1. The first kappa shape index (κ1) is 17.8. The lowest BCUT2D eigenvalue weighted by Crippen LogP contribution is -2.36. The van der Waals surface area contributed by atoms with Gasteiger partial charge in [0.25, 0.3) is 0 Å². The van der Waals surface area contributed by atoms with E-state index in [2.05, 4.69) is 10.2 Å². The van der Waals surface area contributed by atoms with Crippen molar-refractivity contribution < 1.29 is 14.6 Å². The molecular formula is C18H28N2O3. The SMILES string of the molecule is COCCCC(C)C(=O)Nc1ccccc1N1CCC(O)CC1. The molecule has 23 heavy (non-hydrogen) atoms. The second-order valence-corrected chi connectivity index (χ2v) is 6.26. The molecule has 1 saturated heterocycles. The van der Waals surface area contributed by atoms with E-state index in [1.165, 1.54) is 0 Å². The van der Waals surface area contributed by atoms with E-state index < -0.39 is 0 Å². The lowest BCUT2D eigenvalue weighted by Gasteiger charge is -2.33. The number of para-hydroxylation sites is 2. The Morgan fingerprint density at radius 2 is 2.09 bits per heavy atom. The zero-order valence-electron chi connectivity index (χ0n) is 14.1. The first-order valence-corrected chi connectivity index (χ1v) is 8.43. The van der Waals surface area contributed by atoms with Gasteiger partial charge in [0.05, 0.1) is 17.5 Å². The summed E-state index contributed by atoms with van der Waals surface area (Å²) in [5.41, 5.74) is 1.89. The number of benzene rings is 1. The molecule has 1 atom stereocenters. The van der Waals surface area contributed by atoms with E-state index >= 15 is 0 Å². The van der Waals surface area contributed by atoms with Crippen molar-refractivity contribution in [2.24, 2.45) is 5.92 Å². The summed E-state index contributed by atoms with van der Waals surface area (Å²) in [5.74, 6) is 0.00646. The molecule has 0 aromatic heterocycles. The van der Waals surface area contributed by atoms with Crippen molar-refractivity contribution in [1.29, 1.82) is 0 Å². The molecule has 128 valence electrons. The lowest BCUT2D eigenvalue weighted by molar-refractivity contribution is -0.119. The number of aliphatic hydroxyl groups excluding tert-OH is 1. The number of nitrogens with one attached hydrogen (secondary N) is 1. The van der Waals surface area contributed by atoms with Crippen LogP contribution < -0.4 is 10.2 Å². The Hall–Kier alpha value is -1.59. The summed E-state index contributed by atoms with van der Waals surface area (Å²) in [5, 5.41) is 12.7. The molecule has 2 N–H and O–H groups in total. The molecule has 1 heterocycles. The molecule has 5 heteroatoms. The first-order valence-electron chi connectivity index (χ1n) is 8.43. The van der Waals surface area contributed by atoms with Gasteiger partial charge in [0.15, 0.2) is 0 Å². The Bertz CT molecular complexity index is 499. The van der Waals surface area contributed by atoms with Gasteiger partial charge < -0.3 is 20.1 Å². The molecule has 0 radical (unpaired) electrons. The zero-order valence-corrected chi connectivity index (χ0v) is 14.1. The molecule has 1 fully saturated rings. The number of nitrogens with zero attached hydrogens (tertiary/aromatic N) is 1. The van der Waals surface area contributed by atoms with E-state index in [1.807, 2.05) is 31.2 Å². The van der Waals surface area contributed by atoms with Crippen LogP contribution in [0.3, 0.4) is 0 Å². The van der Waals surface area contributed by atoms with Gasteiger partial charge in [-0.2, -0.15) is 0 Å². The lowest BCUT2D eigenvalue weighted by atomic mass is 10.0. The molecule has 1 amide bonds. The van der Waals surface area contributed by atoms with E-state index in [0.29, 0.717) is 6.61 Å². The van der Waals surface area contributed by atoms with Crippen LogP contribution in [0.15, 0.2) is 24.3 Å². The van der Waals surface area contributed by atoms with Crippen molar-refractivity contribution in [2.75, 3.05) is 37.0 Å². The summed E-state index contributed by atoms with van der Waals surface area (Å²) in [6.07, 6.45) is 3.05. The van der Waals surface area contributed by atoms with Crippen molar-refractivity contribution in [2.45, 2.75) is 38.7 Å². The maximum Gasteiger partial charge on any atom is 0.227 e. The van der Waals surface area contributed by atoms with Gasteiger partial charge in [0.1, 0.15) is 0 Å². The normalized spacial score (nSPS) is 17.1. The van der Waals surface area contributed by atoms with Crippen LogP contribution in [-0.4, -0.2) is 43.9 Å². The molecule has 2 rings (SSSR count). The second kappa shape index (κ2) is 8.89. The van der Waals surface area contributed by atoms with Crippen LogP contribution in [0.4, 0.5) is 11.4 Å². The maximum atomic E-state index is 12.4. The molecule has 0 aliphatic carbocycles. The molecule has 0 bridgehead atoms. The summed E-state index contributed by atoms with van der Waals surface area (Å²) in [4.78, 5) is 14.6. The molecule has 1 aromatic carbocycles. The number of amides is 1. The summed E-state index contributed by atoms with van der Waals surface area (Å²) in [6, 6.07) is 7.90. The Labute approximate surface area is 138 Å². The molecular weight excluding hydrogens is 292 g/mol. The predicted octanol–water partition coefficient (Wildman–Crippen LogP) is 2.65. The minimum Gasteiger partial charge on any atom is -0.393 e. The number of hydrogen-bond acceptors (Lipinski definition) is 4. The van der Waals surface area contributed by atoms with Crippen LogP contribution in [0.1, 0.15) is 32.6 Å². The monoisotopic (exact) mass is 320 g/mol. The van der Waals surface area contributed by atoms with E-state index in [9.17, 15) is 9.90 Å². The number of hydrogen-bond donors (Lipinski definition) is 2.